The molecule has 1 saturated heterocycles. The van der Waals surface area contributed by atoms with Crippen LogP contribution in [0, 0.1) is 10.5 Å². The number of halogens is 1. The molecular weight excluding hydrogens is 327 g/mol. The minimum absolute atomic E-state index is 0.171. The van der Waals surface area contributed by atoms with Gasteiger partial charge >= 0.3 is 0 Å². The van der Waals surface area contributed by atoms with Crippen molar-refractivity contribution in [1.29, 1.82) is 0 Å². The molecule has 0 bridgehead atoms. The summed E-state index contributed by atoms with van der Waals surface area (Å²) in [6.45, 7) is 5.59. The monoisotopic (exact) mass is 344 g/mol. The molecule has 1 N–H and O–H groups in total. The van der Waals surface area contributed by atoms with E-state index < -0.39 is 0 Å². The lowest BCUT2D eigenvalue weighted by atomic mass is 10.1. The van der Waals surface area contributed by atoms with E-state index in [1.807, 2.05) is 30.0 Å². The molecule has 17 heavy (non-hydrogen) atoms. The topological polar surface area (TPSA) is 32.3 Å². The average molecular weight is 344 g/mol. The van der Waals surface area contributed by atoms with Gasteiger partial charge in [-0.1, -0.05) is 6.07 Å². The van der Waals surface area contributed by atoms with Crippen LogP contribution in [0.2, 0.25) is 0 Å². The summed E-state index contributed by atoms with van der Waals surface area (Å²) in [6.07, 6.45) is 1.04. The molecule has 0 atom stereocenters. The Hall–Kier alpha value is -0.620. The predicted molar refractivity (Wildman–Crippen MR) is 77.3 cm³/mol. The molecule has 0 aromatic heterocycles. The van der Waals surface area contributed by atoms with E-state index in [9.17, 15) is 4.79 Å². The SMILES string of the molecule is Cc1c(I)cccc1C(=O)N1CCCNCC1. The van der Waals surface area contributed by atoms with Crippen molar-refractivity contribution in [3.8, 4) is 0 Å². The zero-order chi connectivity index (χ0) is 12.3. The molecule has 1 aromatic rings. The predicted octanol–water partition coefficient (Wildman–Crippen LogP) is 2.04. The molecule has 0 spiro atoms. The molecule has 1 heterocycles. The van der Waals surface area contributed by atoms with Crippen LogP contribution in [-0.4, -0.2) is 37.0 Å². The van der Waals surface area contributed by atoms with Crippen molar-refractivity contribution in [3.63, 3.8) is 0 Å². The Labute approximate surface area is 116 Å². The molecule has 1 aliphatic rings. The van der Waals surface area contributed by atoms with Crippen LogP contribution in [0.25, 0.3) is 0 Å². The third-order valence-electron chi connectivity index (χ3n) is 3.13. The standard InChI is InChI=1S/C13H17IN2O/c1-10-11(4-2-5-12(10)14)13(17)16-8-3-6-15-7-9-16/h2,4-5,15H,3,6-9H2,1H3. The van der Waals surface area contributed by atoms with E-state index >= 15 is 0 Å². The first-order valence-electron chi connectivity index (χ1n) is 5.95. The van der Waals surface area contributed by atoms with Crippen LogP contribution in [0.4, 0.5) is 0 Å². The van der Waals surface area contributed by atoms with Crippen molar-refractivity contribution in [2.75, 3.05) is 26.2 Å². The smallest absolute Gasteiger partial charge is 0.254 e. The molecule has 1 aliphatic heterocycles. The van der Waals surface area contributed by atoms with Gasteiger partial charge in [-0.05, 0) is 60.2 Å². The summed E-state index contributed by atoms with van der Waals surface area (Å²) in [5.41, 5.74) is 1.94. The fraction of sp³-hybridized carbons (Fsp3) is 0.462. The molecule has 1 aromatic carbocycles. The lowest BCUT2D eigenvalue weighted by Crippen LogP contribution is -2.34. The molecule has 4 heteroatoms. The summed E-state index contributed by atoms with van der Waals surface area (Å²) < 4.78 is 1.15. The van der Waals surface area contributed by atoms with Gasteiger partial charge in [-0.2, -0.15) is 0 Å². The highest BCUT2D eigenvalue weighted by atomic mass is 127. The maximum Gasteiger partial charge on any atom is 0.254 e. The quantitative estimate of drug-likeness (QED) is 0.791. The van der Waals surface area contributed by atoms with E-state index in [4.69, 9.17) is 0 Å². The number of benzene rings is 1. The van der Waals surface area contributed by atoms with Crippen molar-refractivity contribution in [2.24, 2.45) is 0 Å². The minimum atomic E-state index is 0.171. The second-order valence-electron chi connectivity index (χ2n) is 4.31. The first kappa shape index (κ1) is 12.8. The molecule has 1 amide bonds. The first-order chi connectivity index (χ1) is 8.20. The van der Waals surface area contributed by atoms with Gasteiger partial charge < -0.3 is 10.2 Å². The number of rotatable bonds is 1. The molecular formula is C13H17IN2O. The second kappa shape index (κ2) is 5.82. The maximum absolute atomic E-state index is 12.4. The van der Waals surface area contributed by atoms with Gasteiger partial charge in [0, 0.05) is 28.8 Å². The number of nitrogens with one attached hydrogen (secondary N) is 1. The Balaban J connectivity index is 2.20. The number of carbonyl (C=O) groups excluding carboxylic acids is 1. The fourth-order valence-corrected chi connectivity index (χ4v) is 2.56. The highest BCUT2D eigenvalue weighted by molar-refractivity contribution is 14.1. The van der Waals surface area contributed by atoms with E-state index in [2.05, 4.69) is 27.9 Å². The summed E-state index contributed by atoms with van der Waals surface area (Å²) in [6, 6.07) is 5.92. The summed E-state index contributed by atoms with van der Waals surface area (Å²) >= 11 is 2.28. The van der Waals surface area contributed by atoms with E-state index in [0.717, 1.165) is 47.3 Å². The molecule has 2 rings (SSSR count). The minimum Gasteiger partial charge on any atom is -0.337 e. The van der Waals surface area contributed by atoms with Crippen LogP contribution in [0.15, 0.2) is 18.2 Å². The van der Waals surface area contributed by atoms with E-state index in [1.54, 1.807) is 0 Å². The third-order valence-corrected chi connectivity index (χ3v) is 4.29. The van der Waals surface area contributed by atoms with E-state index in [0.29, 0.717) is 0 Å². The van der Waals surface area contributed by atoms with Gasteiger partial charge in [0.15, 0.2) is 0 Å². The largest absolute Gasteiger partial charge is 0.337 e. The van der Waals surface area contributed by atoms with Gasteiger partial charge in [0.1, 0.15) is 0 Å². The maximum atomic E-state index is 12.4. The normalized spacial score (nSPS) is 16.7. The van der Waals surface area contributed by atoms with E-state index in [-0.39, 0.29) is 5.91 Å². The van der Waals surface area contributed by atoms with Crippen molar-refractivity contribution in [2.45, 2.75) is 13.3 Å². The zero-order valence-corrected chi connectivity index (χ0v) is 12.2. The zero-order valence-electron chi connectivity index (χ0n) is 10.0. The van der Waals surface area contributed by atoms with Crippen molar-refractivity contribution in [3.05, 3.63) is 32.9 Å². The summed E-state index contributed by atoms with van der Waals surface area (Å²) in [5.74, 6) is 0.171. The Morgan fingerprint density at radius 1 is 1.35 bits per heavy atom. The van der Waals surface area contributed by atoms with Crippen LogP contribution in [0.3, 0.4) is 0 Å². The lowest BCUT2D eigenvalue weighted by molar-refractivity contribution is 0.0765. The van der Waals surface area contributed by atoms with Gasteiger partial charge in [-0.3, -0.25) is 4.79 Å². The summed E-state index contributed by atoms with van der Waals surface area (Å²) in [4.78, 5) is 14.4. The van der Waals surface area contributed by atoms with Gasteiger partial charge in [0.2, 0.25) is 0 Å². The average Bonchev–Trinajstić information content (AvgIpc) is 2.60. The van der Waals surface area contributed by atoms with Gasteiger partial charge in [-0.15, -0.1) is 0 Å². The first-order valence-corrected chi connectivity index (χ1v) is 7.03. The van der Waals surface area contributed by atoms with Gasteiger partial charge in [0.05, 0.1) is 0 Å². The Morgan fingerprint density at radius 3 is 3.00 bits per heavy atom. The van der Waals surface area contributed by atoms with Crippen LogP contribution >= 0.6 is 22.6 Å². The van der Waals surface area contributed by atoms with Crippen LogP contribution in [0.1, 0.15) is 22.3 Å². The summed E-state index contributed by atoms with van der Waals surface area (Å²) in [7, 11) is 0. The molecule has 0 aliphatic carbocycles. The Bertz CT molecular complexity index is 412. The Kier molecular flexibility index (Phi) is 4.39. The Morgan fingerprint density at radius 2 is 2.18 bits per heavy atom. The second-order valence-corrected chi connectivity index (χ2v) is 5.47. The summed E-state index contributed by atoms with van der Waals surface area (Å²) in [5, 5.41) is 3.31. The molecule has 1 fully saturated rings. The molecule has 0 radical (unpaired) electrons. The highest BCUT2D eigenvalue weighted by Crippen LogP contribution is 2.17. The number of nitrogens with zero attached hydrogens (tertiary/aromatic N) is 1. The van der Waals surface area contributed by atoms with E-state index in [1.165, 1.54) is 0 Å². The van der Waals surface area contributed by atoms with Crippen molar-refractivity contribution in [1.82, 2.24) is 10.2 Å². The fourth-order valence-electron chi connectivity index (χ4n) is 2.06. The number of hydrogen-bond donors (Lipinski definition) is 1. The number of hydrogen-bond acceptors (Lipinski definition) is 2. The molecule has 92 valence electrons. The van der Waals surface area contributed by atoms with Crippen LogP contribution in [0.5, 0.6) is 0 Å². The lowest BCUT2D eigenvalue weighted by Gasteiger charge is -2.21. The van der Waals surface area contributed by atoms with Gasteiger partial charge in [-0.25, -0.2) is 0 Å². The molecule has 3 nitrogen and oxygen atoms in total. The highest BCUT2D eigenvalue weighted by Gasteiger charge is 2.19. The van der Waals surface area contributed by atoms with Crippen molar-refractivity contribution < 1.29 is 4.79 Å². The molecule has 0 saturated carbocycles. The third kappa shape index (κ3) is 2.98. The molecule has 0 unspecified atom stereocenters. The van der Waals surface area contributed by atoms with Crippen molar-refractivity contribution >= 4 is 28.5 Å². The number of amides is 1. The van der Waals surface area contributed by atoms with Crippen LogP contribution in [-0.2, 0) is 0 Å². The van der Waals surface area contributed by atoms with Gasteiger partial charge in [0.25, 0.3) is 5.91 Å². The number of carbonyl (C=O) groups is 1. The van der Waals surface area contributed by atoms with Crippen LogP contribution < -0.4 is 5.32 Å².